The van der Waals surface area contributed by atoms with Crippen LogP contribution < -0.4 is 10.6 Å². The molecular weight excluding hydrogens is 539 g/mol. The van der Waals surface area contributed by atoms with Gasteiger partial charge >= 0.3 is 0 Å². The molecule has 1 atom stereocenters. The number of H-pyrrole nitrogens is 1. The van der Waals surface area contributed by atoms with Crippen molar-refractivity contribution in [2.75, 3.05) is 12.4 Å². The minimum Gasteiger partial charge on any atom is -0.368 e. The van der Waals surface area contributed by atoms with Gasteiger partial charge in [-0.2, -0.15) is 10.1 Å². The standard InChI is InChI=1S/C29H31FN10O2/c1-17(21-6-7-24(32-14-21)40-16-22(30)15-33-40)34-27(41)29(42-3)10-8-19(9-11-29)26-25-20(5-4-12-31-25)13-23(36-26)37-28-35-18(2)38-39-28/h4-7,12-17,19H,8-11H2,1-3H3,(H,34,41)(H2,35,36,37,38,39)/t17-,19?,29?/m0/s1. The molecule has 3 N–H and O–H groups in total. The van der Waals surface area contributed by atoms with Gasteiger partial charge in [-0.15, -0.1) is 5.10 Å². The van der Waals surface area contributed by atoms with Gasteiger partial charge in [-0.25, -0.2) is 19.0 Å². The molecule has 1 fully saturated rings. The zero-order chi connectivity index (χ0) is 29.3. The summed E-state index contributed by atoms with van der Waals surface area (Å²) in [5, 5.41) is 18.2. The molecule has 0 radical (unpaired) electrons. The molecule has 1 aliphatic rings. The Bertz CT molecular complexity index is 1710. The molecule has 5 heterocycles. The van der Waals surface area contributed by atoms with E-state index < -0.39 is 11.4 Å². The van der Waals surface area contributed by atoms with Crippen LogP contribution in [0.4, 0.5) is 16.2 Å². The number of methoxy groups -OCH3 is 1. The minimum atomic E-state index is -0.958. The van der Waals surface area contributed by atoms with E-state index in [0.717, 1.165) is 28.4 Å². The molecule has 5 aromatic rings. The van der Waals surface area contributed by atoms with Crippen LogP contribution in [0.5, 0.6) is 0 Å². The quantitative estimate of drug-likeness (QED) is 0.246. The number of carbonyl (C=O) groups excluding carboxylic acids is 1. The van der Waals surface area contributed by atoms with E-state index in [1.165, 1.54) is 10.9 Å². The molecule has 1 amide bonds. The van der Waals surface area contributed by atoms with Crippen molar-refractivity contribution in [3.8, 4) is 5.82 Å². The monoisotopic (exact) mass is 570 g/mol. The smallest absolute Gasteiger partial charge is 0.252 e. The topological polar surface area (TPSA) is 148 Å². The molecule has 0 aromatic carbocycles. The molecule has 0 saturated heterocycles. The van der Waals surface area contributed by atoms with E-state index in [4.69, 9.17) is 9.72 Å². The lowest BCUT2D eigenvalue weighted by Crippen LogP contribution is -2.50. The molecule has 6 rings (SSSR count). The Morgan fingerprint density at radius 3 is 2.69 bits per heavy atom. The Kier molecular flexibility index (Phi) is 7.33. The molecule has 12 nitrogen and oxygen atoms in total. The zero-order valence-corrected chi connectivity index (χ0v) is 23.5. The molecular formula is C29H31FN10O2. The highest BCUT2D eigenvalue weighted by molar-refractivity contribution is 5.86. The first kappa shape index (κ1) is 27.4. The van der Waals surface area contributed by atoms with E-state index in [1.54, 1.807) is 25.6 Å². The maximum Gasteiger partial charge on any atom is 0.252 e. The van der Waals surface area contributed by atoms with E-state index in [1.807, 2.05) is 38.1 Å². The molecule has 0 bridgehead atoms. The number of hydrogen-bond donors (Lipinski definition) is 3. The van der Waals surface area contributed by atoms with Crippen LogP contribution in [0.3, 0.4) is 0 Å². The lowest BCUT2D eigenvalue weighted by molar-refractivity contribution is -0.148. The molecule has 5 aromatic heterocycles. The van der Waals surface area contributed by atoms with E-state index in [0.29, 0.717) is 49.1 Å². The number of amides is 1. The summed E-state index contributed by atoms with van der Waals surface area (Å²) < 4.78 is 20.6. The first-order valence-electron chi connectivity index (χ1n) is 13.8. The first-order chi connectivity index (χ1) is 20.3. The van der Waals surface area contributed by atoms with Crippen LogP contribution in [0.1, 0.15) is 61.6 Å². The number of halogens is 1. The first-order valence-corrected chi connectivity index (χ1v) is 13.8. The summed E-state index contributed by atoms with van der Waals surface area (Å²) in [6, 6.07) is 9.11. The van der Waals surface area contributed by atoms with Gasteiger partial charge in [-0.1, -0.05) is 12.1 Å². The van der Waals surface area contributed by atoms with Crippen LogP contribution >= 0.6 is 0 Å². The SMILES string of the molecule is COC1(C(=O)N[C@@H](C)c2ccc(-n3cc(F)cn3)nc2)CCC(c2nc(Nc3n[nH]c(C)n3)cc3cccnc23)CC1. The van der Waals surface area contributed by atoms with E-state index >= 15 is 0 Å². The third-order valence-electron chi connectivity index (χ3n) is 7.84. The maximum atomic E-state index is 13.6. The molecule has 42 heavy (non-hydrogen) atoms. The van der Waals surface area contributed by atoms with Gasteiger partial charge in [-0.3, -0.25) is 14.9 Å². The summed E-state index contributed by atoms with van der Waals surface area (Å²) in [5.41, 5.74) is 1.58. The molecule has 216 valence electrons. The Morgan fingerprint density at radius 1 is 1.19 bits per heavy atom. The minimum absolute atomic E-state index is 0.0930. The van der Waals surface area contributed by atoms with Crippen molar-refractivity contribution in [1.82, 2.24) is 45.2 Å². The summed E-state index contributed by atoms with van der Waals surface area (Å²) >= 11 is 0. The Morgan fingerprint density at radius 2 is 2.02 bits per heavy atom. The van der Waals surface area contributed by atoms with E-state index in [2.05, 4.69) is 40.9 Å². The van der Waals surface area contributed by atoms with Crippen molar-refractivity contribution in [2.24, 2.45) is 0 Å². The van der Waals surface area contributed by atoms with Gasteiger partial charge in [0.15, 0.2) is 11.6 Å². The van der Waals surface area contributed by atoms with Crippen molar-refractivity contribution in [3.05, 3.63) is 78.0 Å². The number of carbonyl (C=O) groups is 1. The van der Waals surface area contributed by atoms with Crippen LogP contribution in [0.15, 0.2) is 55.1 Å². The van der Waals surface area contributed by atoms with Crippen molar-refractivity contribution in [2.45, 2.75) is 57.1 Å². The fourth-order valence-corrected chi connectivity index (χ4v) is 5.48. The second-order valence-corrected chi connectivity index (χ2v) is 10.6. The number of fused-ring (bicyclic) bond motifs is 1. The number of rotatable bonds is 8. The van der Waals surface area contributed by atoms with Crippen molar-refractivity contribution in [3.63, 3.8) is 0 Å². The summed E-state index contributed by atoms with van der Waals surface area (Å²) in [5.74, 6) is 1.76. The number of ether oxygens (including phenoxy) is 1. The maximum absolute atomic E-state index is 13.6. The predicted octanol–water partition coefficient (Wildman–Crippen LogP) is 4.44. The fraction of sp³-hybridized carbons (Fsp3) is 0.345. The van der Waals surface area contributed by atoms with Gasteiger partial charge in [0.05, 0.1) is 29.6 Å². The lowest BCUT2D eigenvalue weighted by atomic mass is 9.76. The summed E-state index contributed by atoms with van der Waals surface area (Å²) in [7, 11) is 1.59. The normalized spacial score (nSPS) is 19.5. The highest BCUT2D eigenvalue weighted by atomic mass is 19.1. The number of aromatic nitrogens is 8. The predicted molar refractivity (Wildman–Crippen MR) is 153 cm³/mol. The lowest BCUT2D eigenvalue weighted by Gasteiger charge is -2.38. The molecule has 0 unspecified atom stereocenters. The Balaban J connectivity index is 1.16. The van der Waals surface area contributed by atoms with Crippen molar-refractivity contribution in [1.29, 1.82) is 0 Å². The van der Waals surface area contributed by atoms with Crippen LogP contribution in [0.25, 0.3) is 16.7 Å². The Labute approximate surface area is 241 Å². The number of hydrogen-bond acceptors (Lipinski definition) is 9. The van der Waals surface area contributed by atoms with Crippen LogP contribution in [-0.4, -0.2) is 58.5 Å². The summed E-state index contributed by atoms with van der Waals surface area (Å²) in [6.07, 6.45) is 8.27. The second kappa shape index (κ2) is 11.2. The molecule has 0 aliphatic heterocycles. The van der Waals surface area contributed by atoms with E-state index in [9.17, 15) is 9.18 Å². The average molecular weight is 571 g/mol. The highest BCUT2D eigenvalue weighted by Gasteiger charge is 2.43. The fourth-order valence-electron chi connectivity index (χ4n) is 5.48. The van der Waals surface area contributed by atoms with Crippen LogP contribution in [0, 0.1) is 12.7 Å². The van der Waals surface area contributed by atoms with Gasteiger partial charge in [0.25, 0.3) is 5.91 Å². The van der Waals surface area contributed by atoms with Crippen LogP contribution in [0.2, 0.25) is 0 Å². The molecule has 13 heteroatoms. The molecule has 1 saturated carbocycles. The van der Waals surface area contributed by atoms with Gasteiger partial charge in [0.1, 0.15) is 17.2 Å². The van der Waals surface area contributed by atoms with Crippen molar-refractivity contribution >= 4 is 28.6 Å². The van der Waals surface area contributed by atoms with Gasteiger partial charge in [0.2, 0.25) is 5.95 Å². The number of aryl methyl sites for hydroxylation is 1. The third kappa shape index (κ3) is 5.42. The summed E-state index contributed by atoms with van der Waals surface area (Å²) in [6.45, 7) is 3.73. The number of nitrogens with zero attached hydrogens (tertiary/aromatic N) is 7. The second-order valence-electron chi connectivity index (χ2n) is 10.6. The average Bonchev–Trinajstić information content (AvgIpc) is 3.64. The van der Waals surface area contributed by atoms with Gasteiger partial charge in [-0.05, 0) is 63.3 Å². The van der Waals surface area contributed by atoms with E-state index in [-0.39, 0.29) is 17.9 Å². The zero-order valence-electron chi connectivity index (χ0n) is 23.5. The number of anilines is 2. The molecule has 0 spiro atoms. The molecule has 1 aliphatic carbocycles. The highest BCUT2D eigenvalue weighted by Crippen LogP contribution is 2.41. The number of nitrogens with one attached hydrogen (secondary N) is 3. The largest absolute Gasteiger partial charge is 0.368 e. The van der Waals surface area contributed by atoms with Gasteiger partial charge < -0.3 is 15.4 Å². The number of pyridine rings is 3. The Hall–Kier alpha value is -4.78. The third-order valence-corrected chi connectivity index (χ3v) is 7.84. The van der Waals surface area contributed by atoms with Gasteiger partial charge in [0, 0.05) is 30.8 Å². The van der Waals surface area contributed by atoms with Crippen LogP contribution in [-0.2, 0) is 9.53 Å². The van der Waals surface area contributed by atoms with Crippen molar-refractivity contribution < 1.29 is 13.9 Å². The number of aromatic amines is 1. The summed E-state index contributed by atoms with van der Waals surface area (Å²) in [4.78, 5) is 31.8.